The van der Waals surface area contributed by atoms with E-state index in [1.807, 2.05) is 51.1 Å². The lowest BCUT2D eigenvalue weighted by atomic mass is 9.70. The Morgan fingerprint density at radius 1 is 1.21 bits per heavy atom. The number of ether oxygens (including phenoxy) is 1. The standard InChI is InChI=1S/C25H34BrN3O5/c1-24(2,3)28-22(32)20-25-13-16(26)19(34-25)17(18(25)23(33)29(20)11-7-8-12-30)21(31)27-14-15-9-5-4-6-10-15/h4-6,9-10,16-20,30H,7-8,11-14H2,1-3H3,(H,27,31)(H,28,32)/t16?,17-,18-,19-,20?,25?/m0/s1. The normalized spacial score (nSPS) is 32.1. The van der Waals surface area contributed by atoms with Crippen LogP contribution >= 0.6 is 15.9 Å². The monoisotopic (exact) mass is 535 g/mol. The highest BCUT2D eigenvalue weighted by Gasteiger charge is 2.76. The second kappa shape index (κ2) is 9.59. The van der Waals surface area contributed by atoms with Crippen LogP contribution in [-0.2, 0) is 25.7 Å². The second-order valence-corrected chi connectivity index (χ2v) is 11.7. The third-order valence-corrected chi connectivity index (χ3v) is 7.80. The Morgan fingerprint density at radius 3 is 2.56 bits per heavy atom. The zero-order valence-electron chi connectivity index (χ0n) is 19.9. The molecule has 4 rings (SSSR count). The zero-order valence-corrected chi connectivity index (χ0v) is 21.5. The Morgan fingerprint density at radius 2 is 1.91 bits per heavy atom. The number of unbranched alkanes of at least 4 members (excludes halogenated alkanes) is 1. The van der Waals surface area contributed by atoms with E-state index in [4.69, 9.17) is 4.74 Å². The highest BCUT2D eigenvalue weighted by Crippen LogP contribution is 2.60. The molecule has 3 aliphatic rings. The van der Waals surface area contributed by atoms with E-state index in [0.29, 0.717) is 32.4 Å². The SMILES string of the molecule is CC(C)(C)NC(=O)C1N(CCCCO)C(=O)[C@@H]2[C@H](C(=O)NCc3ccccc3)[C@H]3OC12CC3Br. The van der Waals surface area contributed by atoms with Gasteiger partial charge < -0.3 is 25.4 Å². The second-order valence-electron chi connectivity index (χ2n) is 10.6. The van der Waals surface area contributed by atoms with Crippen molar-refractivity contribution in [2.75, 3.05) is 13.2 Å². The van der Waals surface area contributed by atoms with Crippen LogP contribution in [-0.4, -0.2) is 69.0 Å². The van der Waals surface area contributed by atoms with Gasteiger partial charge in [-0.25, -0.2) is 0 Å². The summed E-state index contributed by atoms with van der Waals surface area (Å²) in [6, 6.07) is 8.79. The summed E-state index contributed by atoms with van der Waals surface area (Å²) in [4.78, 5) is 42.1. The molecule has 0 radical (unpaired) electrons. The van der Waals surface area contributed by atoms with E-state index < -0.39 is 35.1 Å². The fourth-order valence-electron chi connectivity index (χ4n) is 5.70. The van der Waals surface area contributed by atoms with Gasteiger partial charge in [-0.2, -0.15) is 0 Å². The molecule has 3 aliphatic heterocycles. The van der Waals surface area contributed by atoms with Crippen molar-refractivity contribution in [2.45, 2.75) is 74.7 Å². The van der Waals surface area contributed by atoms with Gasteiger partial charge in [-0.15, -0.1) is 0 Å². The molecule has 3 saturated heterocycles. The van der Waals surface area contributed by atoms with Crippen LogP contribution in [0.4, 0.5) is 0 Å². The van der Waals surface area contributed by atoms with Crippen LogP contribution in [0.15, 0.2) is 30.3 Å². The number of amides is 3. The van der Waals surface area contributed by atoms with Gasteiger partial charge in [0.1, 0.15) is 11.6 Å². The maximum absolute atomic E-state index is 13.8. The molecule has 6 atom stereocenters. The number of nitrogens with zero attached hydrogens (tertiary/aromatic N) is 1. The van der Waals surface area contributed by atoms with Crippen molar-refractivity contribution in [3.05, 3.63) is 35.9 Å². The molecule has 3 unspecified atom stereocenters. The van der Waals surface area contributed by atoms with Crippen molar-refractivity contribution < 1.29 is 24.2 Å². The van der Waals surface area contributed by atoms with Crippen molar-refractivity contribution in [1.29, 1.82) is 0 Å². The van der Waals surface area contributed by atoms with Crippen LogP contribution in [0.5, 0.6) is 0 Å². The maximum Gasteiger partial charge on any atom is 0.246 e. The van der Waals surface area contributed by atoms with Crippen LogP contribution in [0, 0.1) is 11.8 Å². The minimum atomic E-state index is -1.06. The van der Waals surface area contributed by atoms with Crippen molar-refractivity contribution in [3.8, 4) is 0 Å². The Kier molecular flexibility index (Phi) is 7.09. The first-order valence-electron chi connectivity index (χ1n) is 12.0. The molecular weight excluding hydrogens is 502 g/mol. The van der Waals surface area contributed by atoms with Crippen LogP contribution in [0.3, 0.4) is 0 Å². The third-order valence-electron chi connectivity index (χ3n) is 6.96. The topological polar surface area (TPSA) is 108 Å². The van der Waals surface area contributed by atoms with Gasteiger partial charge in [0.05, 0.1) is 17.9 Å². The largest absolute Gasteiger partial charge is 0.396 e. The van der Waals surface area contributed by atoms with Crippen molar-refractivity contribution in [1.82, 2.24) is 15.5 Å². The molecule has 1 aromatic rings. The number of benzene rings is 1. The highest BCUT2D eigenvalue weighted by molar-refractivity contribution is 9.09. The quantitative estimate of drug-likeness (QED) is 0.347. The number of alkyl halides is 1. The van der Waals surface area contributed by atoms with E-state index in [1.54, 1.807) is 4.90 Å². The highest BCUT2D eigenvalue weighted by atomic mass is 79.9. The van der Waals surface area contributed by atoms with E-state index in [0.717, 1.165) is 5.56 Å². The molecular formula is C25H34BrN3O5. The van der Waals surface area contributed by atoms with Gasteiger partial charge in [0.2, 0.25) is 17.7 Å². The molecule has 1 spiro atoms. The minimum Gasteiger partial charge on any atom is -0.396 e. The number of nitrogens with one attached hydrogen (secondary N) is 2. The van der Waals surface area contributed by atoms with E-state index in [-0.39, 0.29) is 29.2 Å². The van der Waals surface area contributed by atoms with Crippen molar-refractivity contribution >= 4 is 33.7 Å². The Labute approximate surface area is 208 Å². The predicted octanol–water partition coefficient (Wildman–Crippen LogP) is 1.74. The first-order chi connectivity index (χ1) is 16.1. The molecule has 2 bridgehead atoms. The Bertz CT molecular complexity index is 936. The number of aliphatic hydroxyl groups is 1. The zero-order chi connectivity index (χ0) is 24.7. The molecule has 0 aliphatic carbocycles. The Balaban J connectivity index is 1.63. The fourth-order valence-corrected chi connectivity index (χ4v) is 6.65. The molecule has 3 heterocycles. The van der Waals surface area contributed by atoms with Gasteiger partial charge in [0, 0.05) is 30.1 Å². The van der Waals surface area contributed by atoms with E-state index in [9.17, 15) is 19.5 Å². The average Bonchev–Trinajstić information content (AvgIpc) is 3.35. The average molecular weight is 536 g/mol. The molecule has 3 N–H and O–H groups in total. The smallest absolute Gasteiger partial charge is 0.246 e. The summed E-state index contributed by atoms with van der Waals surface area (Å²) in [5.41, 5.74) is -0.572. The molecule has 3 amide bonds. The van der Waals surface area contributed by atoms with Crippen LogP contribution in [0.25, 0.3) is 0 Å². The lowest BCUT2D eigenvalue weighted by Gasteiger charge is -2.36. The minimum absolute atomic E-state index is 0.0159. The van der Waals surface area contributed by atoms with Gasteiger partial charge >= 0.3 is 0 Å². The van der Waals surface area contributed by atoms with Gasteiger partial charge in [-0.05, 0) is 45.6 Å². The summed E-state index contributed by atoms with van der Waals surface area (Å²) < 4.78 is 6.46. The molecule has 1 aromatic carbocycles. The molecule has 0 saturated carbocycles. The van der Waals surface area contributed by atoms with Crippen LogP contribution in [0.1, 0.15) is 45.6 Å². The Hall–Kier alpha value is -1.97. The summed E-state index contributed by atoms with van der Waals surface area (Å²) in [6.07, 6.45) is 1.10. The lowest BCUT2D eigenvalue weighted by Crippen LogP contribution is -2.58. The number of hydrogen-bond acceptors (Lipinski definition) is 5. The molecule has 0 aromatic heterocycles. The van der Waals surface area contributed by atoms with Crippen LogP contribution < -0.4 is 10.6 Å². The van der Waals surface area contributed by atoms with E-state index in [1.165, 1.54) is 0 Å². The number of hydrogen-bond donors (Lipinski definition) is 3. The van der Waals surface area contributed by atoms with Gasteiger partial charge in [-0.1, -0.05) is 46.3 Å². The number of rotatable bonds is 8. The number of carbonyl (C=O) groups excluding carboxylic acids is 3. The molecule has 9 heteroatoms. The molecule has 8 nitrogen and oxygen atoms in total. The number of halogens is 1. The number of carbonyl (C=O) groups is 3. The predicted molar refractivity (Wildman–Crippen MR) is 130 cm³/mol. The van der Waals surface area contributed by atoms with Crippen LogP contribution in [0.2, 0.25) is 0 Å². The first-order valence-corrected chi connectivity index (χ1v) is 12.9. The summed E-state index contributed by atoms with van der Waals surface area (Å²) in [5.74, 6) is -2.11. The van der Waals surface area contributed by atoms with Gasteiger partial charge in [0.25, 0.3) is 0 Å². The number of aliphatic hydroxyl groups excluding tert-OH is 1. The van der Waals surface area contributed by atoms with E-state index >= 15 is 0 Å². The summed E-state index contributed by atoms with van der Waals surface area (Å²) in [7, 11) is 0. The number of likely N-dealkylation sites (tertiary alicyclic amines) is 1. The summed E-state index contributed by atoms with van der Waals surface area (Å²) >= 11 is 3.67. The third kappa shape index (κ3) is 4.50. The van der Waals surface area contributed by atoms with Crippen molar-refractivity contribution in [2.24, 2.45) is 11.8 Å². The first kappa shape index (κ1) is 25.1. The fraction of sp³-hybridized carbons (Fsp3) is 0.640. The maximum atomic E-state index is 13.8. The molecule has 3 fully saturated rings. The van der Waals surface area contributed by atoms with Gasteiger partial charge in [-0.3, -0.25) is 14.4 Å². The molecule has 186 valence electrons. The molecule has 34 heavy (non-hydrogen) atoms. The lowest BCUT2D eigenvalue weighted by molar-refractivity contribution is -0.142. The van der Waals surface area contributed by atoms with Crippen molar-refractivity contribution in [3.63, 3.8) is 0 Å². The van der Waals surface area contributed by atoms with Gasteiger partial charge in [0.15, 0.2) is 0 Å². The van der Waals surface area contributed by atoms with E-state index in [2.05, 4.69) is 26.6 Å². The number of fused-ring (bicyclic) bond motifs is 1. The summed E-state index contributed by atoms with van der Waals surface area (Å²) in [5, 5.41) is 15.2. The summed E-state index contributed by atoms with van der Waals surface area (Å²) in [6.45, 7) is 6.39.